The molecule has 1 fully saturated rings. The van der Waals surface area contributed by atoms with E-state index in [4.69, 9.17) is 0 Å². The van der Waals surface area contributed by atoms with Crippen molar-refractivity contribution < 1.29 is 8.42 Å². The van der Waals surface area contributed by atoms with Gasteiger partial charge in [0.25, 0.3) is 0 Å². The monoisotopic (exact) mass is 328 g/mol. The Morgan fingerprint density at radius 1 is 1.43 bits per heavy atom. The Morgan fingerprint density at radius 3 is 2.81 bits per heavy atom. The van der Waals surface area contributed by atoms with Crippen LogP contribution < -0.4 is 5.32 Å². The SMILES string of the molecule is CC(C)NCc1cccc(S(=O)(=O)N(C)C2CCSC2)c1. The lowest BCUT2D eigenvalue weighted by atomic mass is 10.2. The lowest BCUT2D eigenvalue weighted by Gasteiger charge is -2.23. The quantitative estimate of drug-likeness (QED) is 0.870. The number of thioether (sulfide) groups is 1. The fourth-order valence-electron chi connectivity index (χ4n) is 2.31. The van der Waals surface area contributed by atoms with Crippen molar-refractivity contribution in [1.29, 1.82) is 0 Å². The zero-order chi connectivity index (χ0) is 15.5. The maximum Gasteiger partial charge on any atom is 0.243 e. The molecule has 1 aliphatic heterocycles. The Kier molecular flexibility index (Phi) is 5.71. The second-order valence-electron chi connectivity index (χ2n) is 5.72. The summed E-state index contributed by atoms with van der Waals surface area (Å²) in [5.41, 5.74) is 0.999. The van der Waals surface area contributed by atoms with Crippen LogP contribution in [0.3, 0.4) is 0 Å². The van der Waals surface area contributed by atoms with E-state index in [9.17, 15) is 8.42 Å². The van der Waals surface area contributed by atoms with Crippen molar-refractivity contribution >= 4 is 21.8 Å². The maximum absolute atomic E-state index is 12.7. The molecule has 21 heavy (non-hydrogen) atoms. The molecule has 1 heterocycles. The Morgan fingerprint density at radius 2 is 2.19 bits per heavy atom. The van der Waals surface area contributed by atoms with E-state index in [0.29, 0.717) is 17.5 Å². The molecule has 1 N–H and O–H groups in total. The van der Waals surface area contributed by atoms with Crippen LogP contribution >= 0.6 is 11.8 Å². The van der Waals surface area contributed by atoms with Gasteiger partial charge in [0.1, 0.15) is 0 Å². The molecular weight excluding hydrogens is 304 g/mol. The largest absolute Gasteiger partial charge is 0.310 e. The second-order valence-corrected chi connectivity index (χ2v) is 8.87. The van der Waals surface area contributed by atoms with Gasteiger partial charge in [-0.3, -0.25) is 0 Å². The van der Waals surface area contributed by atoms with Crippen molar-refractivity contribution in [2.75, 3.05) is 18.6 Å². The van der Waals surface area contributed by atoms with Gasteiger partial charge in [0.05, 0.1) is 4.90 Å². The number of nitrogens with one attached hydrogen (secondary N) is 1. The van der Waals surface area contributed by atoms with Gasteiger partial charge in [0, 0.05) is 31.4 Å². The summed E-state index contributed by atoms with van der Waals surface area (Å²) in [5.74, 6) is 1.94. The van der Waals surface area contributed by atoms with Gasteiger partial charge in [-0.15, -0.1) is 0 Å². The molecule has 118 valence electrons. The predicted molar refractivity (Wildman–Crippen MR) is 89.1 cm³/mol. The number of hydrogen-bond donors (Lipinski definition) is 1. The molecule has 2 rings (SSSR count). The smallest absolute Gasteiger partial charge is 0.243 e. The fourth-order valence-corrected chi connectivity index (χ4v) is 5.13. The minimum Gasteiger partial charge on any atom is -0.310 e. The average Bonchev–Trinajstić information content (AvgIpc) is 2.98. The highest BCUT2D eigenvalue weighted by molar-refractivity contribution is 7.99. The van der Waals surface area contributed by atoms with Gasteiger partial charge in [-0.25, -0.2) is 8.42 Å². The van der Waals surface area contributed by atoms with Crippen LogP contribution in [0.4, 0.5) is 0 Å². The Bertz CT molecular complexity index is 567. The molecule has 1 atom stereocenters. The molecular formula is C15H24N2O2S2. The molecule has 0 amide bonds. The highest BCUT2D eigenvalue weighted by Gasteiger charge is 2.30. The first-order valence-corrected chi connectivity index (χ1v) is 9.89. The topological polar surface area (TPSA) is 49.4 Å². The third-order valence-electron chi connectivity index (χ3n) is 3.71. The third kappa shape index (κ3) is 4.22. The Balaban J connectivity index is 2.17. The normalized spacial score (nSPS) is 19.6. The number of hydrogen-bond acceptors (Lipinski definition) is 4. The zero-order valence-electron chi connectivity index (χ0n) is 12.9. The minimum atomic E-state index is -3.39. The van der Waals surface area contributed by atoms with Crippen molar-refractivity contribution in [1.82, 2.24) is 9.62 Å². The first kappa shape index (κ1) is 16.8. The maximum atomic E-state index is 12.7. The molecule has 0 aliphatic carbocycles. The average molecular weight is 329 g/mol. The highest BCUT2D eigenvalue weighted by Crippen LogP contribution is 2.26. The van der Waals surface area contributed by atoms with Crippen LogP contribution in [-0.2, 0) is 16.6 Å². The van der Waals surface area contributed by atoms with Crippen LogP contribution in [-0.4, -0.2) is 43.4 Å². The summed E-state index contributed by atoms with van der Waals surface area (Å²) in [6, 6.07) is 7.75. The van der Waals surface area contributed by atoms with Gasteiger partial charge < -0.3 is 5.32 Å². The lowest BCUT2D eigenvalue weighted by Crippen LogP contribution is -2.37. The van der Waals surface area contributed by atoms with E-state index >= 15 is 0 Å². The molecule has 6 heteroatoms. The first-order valence-electron chi connectivity index (χ1n) is 7.29. The molecule has 4 nitrogen and oxygen atoms in total. The zero-order valence-corrected chi connectivity index (χ0v) is 14.5. The summed E-state index contributed by atoms with van der Waals surface area (Å²) in [4.78, 5) is 0.393. The third-order valence-corrected chi connectivity index (χ3v) is 6.76. The fraction of sp³-hybridized carbons (Fsp3) is 0.600. The van der Waals surface area contributed by atoms with Gasteiger partial charge in [0.2, 0.25) is 10.0 Å². The predicted octanol–water partition coefficient (Wildman–Crippen LogP) is 2.31. The van der Waals surface area contributed by atoms with E-state index in [1.165, 1.54) is 0 Å². The lowest BCUT2D eigenvalue weighted by molar-refractivity contribution is 0.394. The summed E-state index contributed by atoms with van der Waals surface area (Å²) < 4.78 is 27.0. The molecule has 1 saturated heterocycles. The van der Waals surface area contributed by atoms with Gasteiger partial charge in [0.15, 0.2) is 0 Å². The van der Waals surface area contributed by atoms with Crippen LogP contribution in [0.5, 0.6) is 0 Å². The molecule has 0 spiro atoms. The van der Waals surface area contributed by atoms with E-state index < -0.39 is 10.0 Å². The van der Waals surface area contributed by atoms with E-state index in [1.54, 1.807) is 23.5 Å². The molecule has 1 unspecified atom stereocenters. The molecule has 0 saturated carbocycles. The van der Waals surface area contributed by atoms with Gasteiger partial charge in [-0.05, 0) is 29.9 Å². The molecule has 0 radical (unpaired) electrons. The summed E-state index contributed by atoms with van der Waals surface area (Å²) in [6.07, 6.45) is 0.939. The van der Waals surface area contributed by atoms with Gasteiger partial charge in [-0.2, -0.15) is 16.1 Å². The summed E-state index contributed by atoms with van der Waals surface area (Å²) in [7, 11) is -1.69. The number of benzene rings is 1. The summed E-state index contributed by atoms with van der Waals surface area (Å²) in [5, 5.41) is 3.31. The van der Waals surface area contributed by atoms with Gasteiger partial charge >= 0.3 is 0 Å². The molecule has 1 aromatic rings. The van der Waals surface area contributed by atoms with Gasteiger partial charge in [-0.1, -0.05) is 26.0 Å². The van der Waals surface area contributed by atoms with Crippen LogP contribution in [0.15, 0.2) is 29.2 Å². The molecule has 0 aromatic heterocycles. The summed E-state index contributed by atoms with van der Waals surface area (Å²) in [6.45, 7) is 4.84. The van der Waals surface area contributed by atoms with Crippen molar-refractivity contribution in [3.8, 4) is 0 Å². The van der Waals surface area contributed by atoms with Crippen LogP contribution in [0.25, 0.3) is 0 Å². The van der Waals surface area contributed by atoms with Crippen molar-refractivity contribution in [2.24, 2.45) is 0 Å². The second kappa shape index (κ2) is 7.13. The standard InChI is InChI=1S/C15H24N2O2S2/c1-12(2)16-10-13-5-4-6-15(9-13)21(18,19)17(3)14-7-8-20-11-14/h4-6,9,12,14,16H,7-8,10-11H2,1-3H3. The number of rotatable bonds is 6. The number of nitrogens with zero attached hydrogens (tertiary/aromatic N) is 1. The number of sulfonamides is 1. The molecule has 1 aromatic carbocycles. The Hall–Kier alpha value is -0.560. The van der Waals surface area contributed by atoms with Crippen molar-refractivity contribution in [2.45, 2.75) is 43.8 Å². The van der Waals surface area contributed by atoms with Crippen molar-refractivity contribution in [3.63, 3.8) is 0 Å². The molecule has 1 aliphatic rings. The Labute approximate surface area is 132 Å². The first-order chi connectivity index (χ1) is 9.91. The van der Waals surface area contributed by atoms with Crippen LogP contribution in [0.1, 0.15) is 25.8 Å². The van der Waals surface area contributed by atoms with E-state index in [2.05, 4.69) is 19.2 Å². The van der Waals surface area contributed by atoms with E-state index in [1.807, 2.05) is 23.9 Å². The highest BCUT2D eigenvalue weighted by atomic mass is 32.2. The van der Waals surface area contributed by atoms with Crippen molar-refractivity contribution in [3.05, 3.63) is 29.8 Å². The molecule has 0 bridgehead atoms. The van der Waals surface area contributed by atoms with E-state index in [0.717, 1.165) is 23.5 Å². The summed E-state index contributed by atoms with van der Waals surface area (Å²) >= 11 is 1.82. The van der Waals surface area contributed by atoms with Crippen LogP contribution in [0, 0.1) is 0 Å². The van der Waals surface area contributed by atoms with Crippen LogP contribution in [0.2, 0.25) is 0 Å². The van der Waals surface area contributed by atoms with E-state index in [-0.39, 0.29) is 6.04 Å². The minimum absolute atomic E-state index is 0.123.